The first kappa shape index (κ1) is 18.7. The van der Waals surface area contributed by atoms with Crippen molar-refractivity contribution in [2.24, 2.45) is 5.10 Å². The molecule has 0 saturated heterocycles. The van der Waals surface area contributed by atoms with E-state index < -0.39 is 0 Å². The van der Waals surface area contributed by atoms with Crippen molar-refractivity contribution in [3.63, 3.8) is 0 Å². The van der Waals surface area contributed by atoms with Crippen LogP contribution in [0.3, 0.4) is 0 Å². The van der Waals surface area contributed by atoms with Gasteiger partial charge in [0.25, 0.3) is 5.91 Å². The van der Waals surface area contributed by atoms with Crippen molar-refractivity contribution in [2.75, 3.05) is 12.3 Å². The first-order valence-electron chi connectivity index (χ1n) is 7.46. The van der Waals surface area contributed by atoms with Crippen LogP contribution in [0.25, 0.3) is 0 Å². The van der Waals surface area contributed by atoms with Crippen LogP contribution in [-0.2, 0) is 0 Å². The summed E-state index contributed by atoms with van der Waals surface area (Å²) >= 11 is 18.8. The molecule has 0 saturated carbocycles. The molecular formula is C17H13Br2Cl2N3O. The van der Waals surface area contributed by atoms with Crippen LogP contribution in [0.5, 0.6) is 0 Å². The van der Waals surface area contributed by atoms with Crippen molar-refractivity contribution in [3.05, 3.63) is 60.4 Å². The van der Waals surface area contributed by atoms with E-state index in [-0.39, 0.29) is 5.91 Å². The van der Waals surface area contributed by atoms with Gasteiger partial charge in [-0.2, -0.15) is 5.10 Å². The SMILES string of the molecule is Nc1c(Br)cc(C2=NN(C(=O)c3ccc(Cl)c(Cl)c3)CCC2)cc1Br. The monoisotopic (exact) mass is 503 g/mol. The Morgan fingerprint density at radius 1 is 1.12 bits per heavy atom. The van der Waals surface area contributed by atoms with Crippen LogP contribution in [0.4, 0.5) is 5.69 Å². The van der Waals surface area contributed by atoms with Crippen LogP contribution in [0.1, 0.15) is 28.8 Å². The maximum absolute atomic E-state index is 12.7. The van der Waals surface area contributed by atoms with Crippen molar-refractivity contribution in [2.45, 2.75) is 12.8 Å². The number of hydrazone groups is 1. The van der Waals surface area contributed by atoms with E-state index >= 15 is 0 Å². The first-order chi connectivity index (χ1) is 11.9. The zero-order valence-corrected chi connectivity index (χ0v) is 17.6. The Hall–Kier alpha value is -1.08. The predicted molar refractivity (Wildman–Crippen MR) is 110 cm³/mol. The summed E-state index contributed by atoms with van der Waals surface area (Å²) in [6.45, 7) is 0.555. The number of hydrogen-bond donors (Lipinski definition) is 1. The van der Waals surface area contributed by atoms with Gasteiger partial charge in [-0.1, -0.05) is 23.2 Å². The third-order valence-corrected chi connectivity index (χ3v) is 5.89. The summed E-state index contributed by atoms with van der Waals surface area (Å²) < 4.78 is 1.57. The van der Waals surface area contributed by atoms with Gasteiger partial charge in [-0.05, 0) is 75.0 Å². The van der Waals surface area contributed by atoms with Gasteiger partial charge in [-0.15, -0.1) is 0 Å². The third-order valence-electron chi connectivity index (χ3n) is 3.84. The molecule has 130 valence electrons. The zero-order valence-electron chi connectivity index (χ0n) is 12.9. The van der Waals surface area contributed by atoms with Crippen LogP contribution < -0.4 is 5.73 Å². The molecule has 1 heterocycles. The minimum Gasteiger partial charge on any atom is -0.397 e. The van der Waals surface area contributed by atoms with E-state index in [9.17, 15) is 4.79 Å². The van der Waals surface area contributed by atoms with Crippen LogP contribution >= 0.6 is 55.1 Å². The maximum atomic E-state index is 12.7. The molecule has 0 bridgehead atoms. The van der Waals surface area contributed by atoms with E-state index in [0.29, 0.717) is 27.8 Å². The lowest BCUT2D eigenvalue weighted by molar-refractivity contribution is 0.0751. The summed E-state index contributed by atoms with van der Waals surface area (Å²) in [4.78, 5) is 12.7. The van der Waals surface area contributed by atoms with Gasteiger partial charge in [0.15, 0.2) is 0 Å². The number of benzene rings is 2. The molecule has 0 aliphatic carbocycles. The van der Waals surface area contributed by atoms with Gasteiger partial charge in [0.05, 0.1) is 21.4 Å². The molecule has 0 spiro atoms. The molecule has 2 aromatic rings. The molecule has 1 aliphatic rings. The van der Waals surface area contributed by atoms with E-state index in [0.717, 1.165) is 33.1 Å². The molecule has 2 aromatic carbocycles. The standard InChI is InChI=1S/C17H13Br2Cl2N3O/c18-11-6-10(7-12(19)16(11)22)15-2-1-5-24(23-15)17(25)9-3-4-13(20)14(21)8-9/h3-4,6-8H,1-2,5,22H2. The van der Waals surface area contributed by atoms with E-state index in [2.05, 4.69) is 37.0 Å². The Kier molecular flexibility index (Phi) is 5.73. The lowest BCUT2D eigenvalue weighted by Crippen LogP contribution is -2.32. The molecule has 0 aromatic heterocycles. The van der Waals surface area contributed by atoms with Crippen molar-refractivity contribution in [3.8, 4) is 0 Å². The van der Waals surface area contributed by atoms with Gasteiger partial charge >= 0.3 is 0 Å². The summed E-state index contributed by atoms with van der Waals surface area (Å²) in [5.74, 6) is -0.204. The highest BCUT2D eigenvalue weighted by molar-refractivity contribution is 9.11. The molecule has 8 heteroatoms. The van der Waals surface area contributed by atoms with Gasteiger partial charge in [0.1, 0.15) is 0 Å². The van der Waals surface area contributed by atoms with Crippen LogP contribution in [-0.4, -0.2) is 23.2 Å². The number of halogens is 4. The normalized spacial score (nSPS) is 14.4. The second-order valence-corrected chi connectivity index (χ2v) is 8.08. The summed E-state index contributed by atoms with van der Waals surface area (Å²) in [6, 6.07) is 8.64. The molecule has 2 N–H and O–H groups in total. The van der Waals surface area contributed by atoms with E-state index in [1.165, 1.54) is 5.01 Å². The van der Waals surface area contributed by atoms with Crippen molar-refractivity contribution >= 4 is 72.4 Å². The van der Waals surface area contributed by atoms with Crippen LogP contribution in [0.2, 0.25) is 10.0 Å². The second-order valence-electron chi connectivity index (χ2n) is 5.56. The number of carbonyl (C=O) groups is 1. The van der Waals surface area contributed by atoms with Crippen molar-refractivity contribution in [1.82, 2.24) is 5.01 Å². The molecular weight excluding hydrogens is 493 g/mol. The lowest BCUT2D eigenvalue weighted by Gasteiger charge is -2.24. The average molecular weight is 506 g/mol. The molecule has 0 radical (unpaired) electrons. The smallest absolute Gasteiger partial charge is 0.274 e. The topological polar surface area (TPSA) is 58.7 Å². The number of carbonyl (C=O) groups excluding carboxylic acids is 1. The van der Waals surface area contributed by atoms with E-state index in [1.807, 2.05) is 12.1 Å². The number of nitrogens with two attached hydrogens (primary N) is 1. The Morgan fingerprint density at radius 3 is 2.44 bits per heavy atom. The fraction of sp³-hybridized carbons (Fsp3) is 0.176. The number of hydrogen-bond acceptors (Lipinski definition) is 3. The molecule has 4 nitrogen and oxygen atoms in total. The van der Waals surface area contributed by atoms with Crippen LogP contribution in [0, 0.1) is 0 Å². The fourth-order valence-electron chi connectivity index (χ4n) is 2.52. The number of nitrogen functional groups attached to an aromatic ring is 1. The molecule has 25 heavy (non-hydrogen) atoms. The largest absolute Gasteiger partial charge is 0.397 e. The van der Waals surface area contributed by atoms with Crippen molar-refractivity contribution < 1.29 is 4.79 Å². The maximum Gasteiger partial charge on any atom is 0.274 e. The van der Waals surface area contributed by atoms with Crippen LogP contribution in [0.15, 0.2) is 44.4 Å². The van der Waals surface area contributed by atoms with Gasteiger partial charge in [-0.3, -0.25) is 4.79 Å². The van der Waals surface area contributed by atoms with Crippen molar-refractivity contribution in [1.29, 1.82) is 0 Å². The minimum atomic E-state index is -0.204. The van der Waals surface area contributed by atoms with Gasteiger partial charge in [0, 0.05) is 26.6 Å². The quantitative estimate of drug-likeness (QED) is 0.529. The lowest BCUT2D eigenvalue weighted by atomic mass is 10.0. The van der Waals surface area contributed by atoms with Gasteiger partial charge in [-0.25, -0.2) is 5.01 Å². The van der Waals surface area contributed by atoms with Gasteiger partial charge < -0.3 is 5.73 Å². The number of nitrogens with zero attached hydrogens (tertiary/aromatic N) is 2. The highest BCUT2D eigenvalue weighted by Crippen LogP contribution is 2.31. The van der Waals surface area contributed by atoms with E-state index in [4.69, 9.17) is 28.9 Å². The first-order valence-corrected chi connectivity index (χ1v) is 9.80. The Bertz CT molecular complexity index is 863. The summed E-state index contributed by atoms with van der Waals surface area (Å²) in [6.07, 6.45) is 1.61. The molecule has 1 aliphatic heterocycles. The zero-order chi connectivity index (χ0) is 18.1. The molecule has 0 atom stereocenters. The number of rotatable bonds is 2. The minimum absolute atomic E-state index is 0.204. The number of amides is 1. The summed E-state index contributed by atoms with van der Waals surface area (Å²) in [5.41, 5.74) is 8.77. The second kappa shape index (κ2) is 7.66. The molecule has 1 amide bonds. The summed E-state index contributed by atoms with van der Waals surface area (Å²) in [7, 11) is 0. The summed E-state index contributed by atoms with van der Waals surface area (Å²) in [5, 5.41) is 6.76. The average Bonchev–Trinajstić information content (AvgIpc) is 2.61. The predicted octanol–water partition coefficient (Wildman–Crippen LogP) is 5.74. The molecule has 0 unspecified atom stereocenters. The van der Waals surface area contributed by atoms with Gasteiger partial charge in [0.2, 0.25) is 0 Å². The van der Waals surface area contributed by atoms with E-state index in [1.54, 1.807) is 18.2 Å². The number of anilines is 1. The third kappa shape index (κ3) is 4.03. The Labute approximate surface area is 172 Å². The molecule has 0 fully saturated rings. The molecule has 3 rings (SSSR count). The Balaban J connectivity index is 1.92. The highest BCUT2D eigenvalue weighted by atomic mass is 79.9. The fourth-order valence-corrected chi connectivity index (χ4v) is 4.00. The Morgan fingerprint density at radius 2 is 1.80 bits per heavy atom. The highest BCUT2D eigenvalue weighted by Gasteiger charge is 2.22.